The van der Waals surface area contributed by atoms with Crippen LogP contribution in [-0.2, 0) is 9.47 Å². The van der Waals surface area contributed by atoms with Crippen LogP contribution in [0, 0.1) is 5.41 Å². The fourth-order valence-corrected chi connectivity index (χ4v) is 4.44. The topological polar surface area (TPSA) is 71.0 Å². The molecule has 138 valence electrons. The maximum atomic E-state index is 10.3. The number of rotatable bonds is 4. The van der Waals surface area contributed by atoms with Gasteiger partial charge < -0.3 is 24.4 Å². The first-order valence-corrected chi connectivity index (χ1v) is 9.42. The largest absolute Gasteiger partial charge is 0.392 e. The summed E-state index contributed by atoms with van der Waals surface area (Å²) in [6.07, 6.45) is 4.34. The predicted molar refractivity (Wildman–Crippen MR) is 95.0 cm³/mol. The Morgan fingerprint density at radius 2 is 1.80 bits per heavy atom. The van der Waals surface area contributed by atoms with Crippen LogP contribution in [0.1, 0.15) is 26.2 Å². The van der Waals surface area contributed by atoms with Crippen LogP contribution in [0.3, 0.4) is 0 Å². The summed E-state index contributed by atoms with van der Waals surface area (Å²) in [6.45, 7) is 7.81. The molecule has 7 heteroatoms. The number of hydrogen-bond donors (Lipinski definition) is 1. The van der Waals surface area contributed by atoms with E-state index >= 15 is 0 Å². The van der Waals surface area contributed by atoms with Gasteiger partial charge in [-0.25, -0.2) is 9.97 Å². The third-order valence-corrected chi connectivity index (χ3v) is 6.10. The molecule has 1 aromatic heterocycles. The Morgan fingerprint density at radius 3 is 2.40 bits per heavy atom. The molecule has 2 aliphatic heterocycles. The zero-order chi connectivity index (χ0) is 17.3. The molecule has 0 amide bonds. The van der Waals surface area contributed by atoms with Gasteiger partial charge in [-0.15, -0.1) is 0 Å². The first kappa shape index (κ1) is 17.0. The van der Waals surface area contributed by atoms with E-state index < -0.39 is 0 Å². The van der Waals surface area contributed by atoms with Gasteiger partial charge >= 0.3 is 0 Å². The normalized spacial score (nSPS) is 28.9. The van der Waals surface area contributed by atoms with Crippen molar-refractivity contribution >= 4 is 11.6 Å². The van der Waals surface area contributed by atoms with Crippen LogP contribution in [0.2, 0.25) is 0 Å². The van der Waals surface area contributed by atoms with Gasteiger partial charge in [0, 0.05) is 50.7 Å². The van der Waals surface area contributed by atoms with Crippen LogP contribution in [-0.4, -0.2) is 73.3 Å². The van der Waals surface area contributed by atoms with Crippen LogP contribution in [0.5, 0.6) is 0 Å². The zero-order valence-corrected chi connectivity index (χ0v) is 14.9. The molecule has 2 atom stereocenters. The van der Waals surface area contributed by atoms with Gasteiger partial charge in [-0.2, -0.15) is 0 Å². The Bertz CT molecular complexity index is 583. The smallest absolute Gasteiger partial charge is 0.134 e. The molecule has 0 bridgehead atoms. The minimum atomic E-state index is -0.222. The monoisotopic (exact) mass is 348 g/mol. The van der Waals surface area contributed by atoms with Crippen molar-refractivity contribution in [2.75, 3.05) is 55.8 Å². The van der Waals surface area contributed by atoms with Crippen molar-refractivity contribution in [3.05, 3.63) is 12.4 Å². The highest BCUT2D eigenvalue weighted by Crippen LogP contribution is 2.51. The number of aromatic nitrogens is 2. The number of aliphatic hydroxyl groups is 1. The predicted octanol–water partition coefficient (Wildman–Crippen LogP) is 1.07. The molecule has 3 heterocycles. The molecule has 0 radical (unpaired) electrons. The van der Waals surface area contributed by atoms with Crippen molar-refractivity contribution in [3.63, 3.8) is 0 Å². The van der Waals surface area contributed by atoms with Gasteiger partial charge in [0.15, 0.2) is 0 Å². The summed E-state index contributed by atoms with van der Waals surface area (Å²) in [5.41, 5.74) is -0.0490. The lowest BCUT2D eigenvalue weighted by Gasteiger charge is -2.56. The van der Waals surface area contributed by atoms with Gasteiger partial charge in [0.05, 0.1) is 25.4 Å². The Morgan fingerprint density at radius 1 is 1.16 bits per heavy atom. The van der Waals surface area contributed by atoms with Gasteiger partial charge in [0.25, 0.3) is 0 Å². The van der Waals surface area contributed by atoms with E-state index in [-0.39, 0.29) is 17.6 Å². The highest BCUT2D eigenvalue weighted by molar-refractivity contribution is 5.50. The van der Waals surface area contributed by atoms with E-state index in [1.165, 1.54) is 0 Å². The first-order valence-electron chi connectivity index (χ1n) is 9.42. The van der Waals surface area contributed by atoms with Crippen LogP contribution < -0.4 is 9.80 Å². The van der Waals surface area contributed by atoms with Crippen molar-refractivity contribution < 1.29 is 14.6 Å². The van der Waals surface area contributed by atoms with Gasteiger partial charge in [0.2, 0.25) is 0 Å². The molecule has 3 fully saturated rings. The molecular formula is C18H28N4O3. The van der Waals surface area contributed by atoms with Crippen molar-refractivity contribution in [2.24, 2.45) is 5.41 Å². The number of nitrogens with zero attached hydrogens (tertiary/aromatic N) is 4. The van der Waals surface area contributed by atoms with Crippen LogP contribution in [0.25, 0.3) is 0 Å². The van der Waals surface area contributed by atoms with E-state index in [1.807, 2.05) is 6.92 Å². The van der Waals surface area contributed by atoms with Gasteiger partial charge in [-0.05, 0) is 19.8 Å². The van der Waals surface area contributed by atoms with Crippen molar-refractivity contribution in [1.82, 2.24) is 9.97 Å². The van der Waals surface area contributed by atoms with Gasteiger partial charge in [-0.1, -0.05) is 0 Å². The Balaban J connectivity index is 1.42. The quantitative estimate of drug-likeness (QED) is 0.873. The standard InChI is InChI=1S/C18H28N4O3/c1-2-25-15-11-14(23)18(15)3-5-21(6-4-18)16-12-17(20-13-19-16)22-7-9-24-10-8-22/h12-15,23H,2-11H2,1H3/t14-,15+/m0/s1. The average Bonchev–Trinajstić information content (AvgIpc) is 2.69. The summed E-state index contributed by atoms with van der Waals surface area (Å²) in [5.74, 6) is 1.96. The zero-order valence-electron chi connectivity index (χ0n) is 14.9. The Hall–Kier alpha value is -1.44. The van der Waals surface area contributed by atoms with Gasteiger partial charge in [-0.3, -0.25) is 0 Å². The maximum absolute atomic E-state index is 10.3. The van der Waals surface area contributed by atoms with Crippen molar-refractivity contribution in [2.45, 2.75) is 38.4 Å². The molecule has 1 N–H and O–H groups in total. The lowest BCUT2D eigenvalue weighted by atomic mass is 9.58. The molecule has 25 heavy (non-hydrogen) atoms. The lowest BCUT2D eigenvalue weighted by molar-refractivity contribution is -0.199. The highest BCUT2D eigenvalue weighted by Gasteiger charge is 2.56. The minimum Gasteiger partial charge on any atom is -0.392 e. The third kappa shape index (κ3) is 3.09. The molecule has 0 aromatic carbocycles. The fraction of sp³-hybridized carbons (Fsp3) is 0.778. The number of hydrogen-bond acceptors (Lipinski definition) is 7. The summed E-state index contributed by atoms with van der Waals surface area (Å²) >= 11 is 0. The first-order chi connectivity index (χ1) is 12.2. The number of morpholine rings is 1. The summed E-state index contributed by atoms with van der Waals surface area (Å²) in [4.78, 5) is 13.5. The fourth-order valence-electron chi connectivity index (χ4n) is 4.44. The van der Waals surface area contributed by atoms with E-state index in [0.29, 0.717) is 0 Å². The van der Waals surface area contributed by atoms with E-state index in [9.17, 15) is 5.11 Å². The molecular weight excluding hydrogens is 320 g/mol. The second-order valence-electron chi connectivity index (χ2n) is 7.25. The van der Waals surface area contributed by atoms with E-state index in [4.69, 9.17) is 9.47 Å². The molecule has 3 aliphatic rings. The number of ether oxygens (including phenoxy) is 2. The number of anilines is 2. The molecule has 1 spiro atoms. The summed E-state index contributed by atoms with van der Waals surface area (Å²) < 4.78 is 11.3. The number of aliphatic hydroxyl groups excluding tert-OH is 1. The summed E-state index contributed by atoms with van der Waals surface area (Å²) in [5, 5.41) is 10.3. The second-order valence-corrected chi connectivity index (χ2v) is 7.25. The van der Waals surface area contributed by atoms with E-state index in [1.54, 1.807) is 6.33 Å². The van der Waals surface area contributed by atoms with Crippen LogP contribution >= 0.6 is 0 Å². The Labute approximate surface area is 149 Å². The second kappa shape index (κ2) is 7.05. The minimum absolute atomic E-state index is 0.0490. The molecule has 0 unspecified atom stereocenters. The van der Waals surface area contributed by atoms with Crippen LogP contribution in [0.15, 0.2) is 12.4 Å². The van der Waals surface area contributed by atoms with Gasteiger partial charge in [0.1, 0.15) is 18.0 Å². The molecule has 4 rings (SSSR count). The third-order valence-electron chi connectivity index (χ3n) is 6.10. The van der Waals surface area contributed by atoms with E-state index in [0.717, 1.165) is 76.9 Å². The molecule has 1 aliphatic carbocycles. The maximum Gasteiger partial charge on any atom is 0.134 e. The molecule has 1 saturated carbocycles. The molecule has 1 aromatic rings. The summed E-state index contributed by atoms with van der Waals surface area (Å²) in [7, 11) is 0. The van der Waals surface area contributed by atoms with Crippen molar-refractivity contribution in [1.29, 1.82) is 0 Å². The molecule has 7 nitrogen and oxygen atoms in total. The van der Waals surface area contributed by atoms with Crippen LogP contribution in [0.4, 0.5) is 11.6 Å². The molecule has 2 saturated heterocycles. The van der Waals surface area contributed by atoms with Crippen molar-refractivity contribution in [3.8, 4) is 0 Å². The average molecular weight is 348 g/mol. The van der Waals surface area contributed by atoms with E-state index in [2.05, 4.69) is 25.8 Å². The number of piperidine rings is 1. The SMILES string of the molecule is CCO[C@@H]1C[C@H](O)C12CCN(c1cc(N3CCOCC3)ncn1)CC2. The lowest BCUT2D eigenvalue weighted by Crippen LogP contribution is -2.62. The Kier molecular flexibility index (Phi) is 4.80. The highest BCUT2D eigenvalue weighted by atomic mass is 16.5. The summed E-state index contributed by atoms with van der Waals surface area (Å²) in [6, 6.07) is 2.08.